The van der Waals surface area contributed by atoms with Crippen molar-refractivity contribution in [2.45, 2.75) is 27.7 Å². The Kier molecular flexibility index (Phi) is 3.69. The van der Waals surface area contributed by atoms with Crippen LogP contribution in [0.2, 0.25) is 5.02 Å². The van der Waals surface area contributed by atoms with Crippen LogP contribution in [0, 0.1) is 19.7 Å². The van der Waals surface area contributed by atoms with Crippen molar-refractivity contribution in [2.75, 3.05) is 0 Å². The Hall–Kier alpha value is -1.09. The monoisotopic (exact) mass is 228 g/mol. The third-order valence-corrected chi connectivity index (χ3v) is 2.54. The topological polar surface area (TPSA) is 28.7 Å². The summed E-state index contributed by atoms with van der Waals surface area (Å²) in [6, 6.07) is 1.67. The predicted molar refractivity (Wildman–Crippen MR) is 61.9 cm³/mol. The van der Waals surface area contributed by atoms with Gasteiger partial charge in [-0.3, -0.25) is 5.10 Å². The van der Waals surface area contributed by atoms with E-state index >= 15 is 0 Å². The highest BCUT2D eigenvalue weighted by molar-refractivity contribution is 6.32. The van der Waals surface area contributed by atoms with Crippen molar-refractivity contribution in [3.8, 4) is 0 Å². The number of fused-ring (bicyclic) bond motifs is 1. The second kappa shape index (κ2) is 4.62. The van der Waals surface area contributed by atoms with Crippen molar-refractivity contribution in [1.29, 1.82) is 0 Å². The van der Waals surface area contributed by atoms with Crippen LogP contribution in [0.4, 0.5) is 4.39 Å². The largest absolute Gasteiger partial charge is 0.282 e. The lowest BCUT2D eigenvalue weighted by molar-refractivity contribution is 0.630. The van der Waals surface area contributed by atoms with Crippen LogP contribution in [0.25, 0.3) is 10.9 Å². The lowest BCUT2D eigenvalue weighted by atomic mass is 10.1. The number of nitrogens with one attached hydrogen (secondary N) is 1. The maximum atomic E-state index is 13.6. The van der Waals surface area contributed by atoms with E-state index in [2.05, 4.69) is 10.2 Å². The molecule has 15 heavy (non-hydrogen) atoms. The average molecular weight is 229 g/mol. The van der Waals surface area contributed by atoms with Gasteiger partial charge in [-0.15, -0.1) is 0 Å². The number of H-pyrrole nitrogens is 1. The van der Waals surface area contributed by atoms with Crippen molar-refractivity contribution in [3.05, 3.63) is 28.2 Å². The maximum absolute atomic E-state index is 13.6. The second-order valence-electron chi connectivity index (χ2n) is 3.04. The zero-order chi connectivity index (χ0) is 11.6. The zero-order valence-corrected chi connectivity index (χ0v) is 10.0. The number of benzene rings is 1. The summed E-state index contributed by atoms with van der Waals surface area (Å²) in [5.41, 5.74) is 1.77. The second-order valence-corrected chi connectivity index (χ2v) is 3.45. The zero-order valence-electron chi connectivity index (χ0n) is 9.28. The first kappa shape index (κ1) is 12.0. The van der Waals surface area contributed by atoms with E-state index in [1.807, 2.05) is 13.8 Å². The van der Waals surface area contributed by atoms with Gasteiger partial charge in [0.25, 0.3) is 0 Å². The van der Waals surface area contributed by atoms with Gasteiger partial charge in [0, 0.05) is 16.3 Å². The first-order valence-electron chi connectivity index (χ1n) is 4.90. The Morgan fingerprint density at radius 3 is 2.53 bits per heavy atom. The summed E-state index contributed by atoms with van der Waals surface area (Å²) in [5, 5.41) is 7.60. The summed E-state index contributed by atoms with van der Waals surface area (Å²) < 4.78 is 13.6. The number of nitrogens with zero attached hydrogens (tertiary/aromatic N) is 1. The molecule has 0 aliphatic heterocycles. The lowest BCUT2D eigenvalue weighted by Crippen LogP contribution is -1.86. The SMILES string of the molecule is CC.Cc1c(Cl)cc2n[nH]c(C)c2c1F. The van der Waals surface area contributed by atoms with Gasteiger partial charge >= 0.3 is 0 Å². The van der Waals surface area contributed by atoms with Crippen molar-refractivity contribution >= 4 is 22.5 Å². The molecular weight excluding hydrogens is 215 g/mol. The van der Waals surface area contributed by atoms with Crippen LogP contribution in [0.15, 0.2) is 6.07 Å². The number of halogens is 2. The number of aromatic nitrogens is 2. The smallest absolute Gasteiger partial charge is 0.138 e. The molecule has 82 valence electrons. The highest BCUT2D eigenvalue weighted by atomic mass is 35.5. The van der Waals surface area contributed by atoms with Crippen molar-refractivity contribution in [1.82, 2.24) is 10.2 Å². The molecule has 0 saturated carbocycles. The summed E-state index contributed by atoms with van der Waals surface area (Å²) in [6.07, 6.45) is 0. The quantitative estimate of drug-likeness (QED) is 0.726. The van der Waals surface area contributed by atoms with Crippen LogP contribution in [0.3, 0.4) is 0 Å². The van der Waals surface area contributed by atoms with Gasteiger partial charge in [0.2, 0.25) is 0 Å². The third-order valence-electron chi connectivity index (χ3n) is 2.15. The first-order valence-corrected chi connectivity index (χ1v) is 5.28. The fourth-order valence-corrected chi connectivity index (χ4v) is 1.54. The molecule has 0 unspecified atom stereocenters. The molecule has 0 bridgehead atoms. The number of rotatable bonds is 0. The minimum atomic E-state index is -0.284. The fourth-order valence-electron chi connectivity index (χ4n) is 1.35. The van der Waals surface area contributed by atoms with Crippen LogP contribution in [-0.2, 0) is 0 Å². The van der Waals surface area contributed by atoms with Crippen LogP contribution in [0.5, 0.6) is 0 Å². The van der Waals surface area contributed by atoms with Gasteiger partial charge < -0.3 is 0 Å². The highest BCUT2D eigenvalue weighted by Crippen LogP contribution is 2.27. The Morgan fingerprint density at radius 1 is 1.33 bits per heavy atom. The fraction of sp³-hybridized carbons (Fsp3) is 0.364. The molecule has 2 aromatic rings. The van der Waals surface area contributed by atoms with Crippen LogP contribution < -0.4 is 0 Å². The summed E-state index contributed by atoms with van der Waals surface area (Å²) >= 11 is 5.81. The van der Waals surface area contributed by atoms with Gasteiger partial charge in [-0.2, -0.15) is 5.10 Å². The number of hydrogen-bond acceptors (Lipinski definition) is 1. The van der Waals surface area contributed by atoms with E-state index in [0.29, 0.717) is 21.5 Å². The first-order chi connectivity index (χ1) is 7.11. The molecule has 0 atom stereocenters. The van der Waals surface area contributed by atoms with Crippen molar-refractivity contribution < 1.29 is 4.39 Å². The Labute approximate surface area is 93.4 Å². The average Bonchev–Trinajstić information content (AvgIpc) is 2.60. The van der Waals surface area contributed by atoms with Gasteiger partial charge in [-0.1, -0.05) is 25.4 Å². The summed E-state index contributed by atoms with van der Waals surface area (Å²) in [4.78, 5) is 0. The Balaban J connectivity index is 0.000000531. The molecule has 0 fully saturated rings. The third kappa shape index (κ3) is 1.97. The molecule has 4 heteroatoms. The molecular formula is C11H14ClFN2. The van der Waals surface area contributed by atoms with Crippen LogP contribution >= 0.6 is 11.6 Å². The van der Waals surface area contributed by atoms with E-state index in [9.17, 15) is 4.39 Å². The summed E-state index contributed by atoms with van der Waals surface area (Å²) in [5.74, 6) is -0.284. The number of aryl methyl sites for hydroxylation is 1. The number of aromatic amines is 1. The molecule has 0 aliphatic rings. The van der Waals surface area contributed by atoms with E-state index in [-0.39, 0.29) is 5.82 Å². The van der Waals surface area contributed by atoms with E-state index in [4.69, 9.17) is 11.6 Å². The van der Waals surface area contributed by atoms with E-state index < -0.39 is 0 Å². The van der Waals surface area contributed by atoms with E-state index in [1.54, 1.807) is 19.9 Å². The van der Waals surface area contributed by atoms with Gasteiger partial charge in [0.15, 0.2) is 0 Å². The molecule has 0 aliphatic carbocycles. The number of hydrogen-bond donors (Lipinski definition) is 1. The molecule has 0 amide bonds. The molecule has 0 radical (unpaired) electrons. The highest BCUT2D eigenvalue weighted by Gasteiger charge is 2.12. The Bertz CT molecular complexity index is 477. The standard InChI is InChI=1S/C9H8ClFN2.C2H6/c1-4-6(10)3-7-8(9(4)11)5(2)12-13-7;1-2/h3H,1-2H3,(H,12,13);1-2H3. The van der Waals surface area contributed by atoms with E-state index in [0.717, 1.165) is 5.69 Å². The molecule has 1 heterocycles. The van der Waals surface area contributed by atoms with Crippen LogP contribution in [0.1, 0.15) is 25.1 Å². The molecule has 2 nitrogen and oxygen atoms in total. The summed E-state index contributed by atoms with van der Waals surface area (Å²) in [7, 11) is 0. The molecule has 0 saturated heterocycles. The molecule has 0 spiro atoms. The van der Waals surface area contributed by atoms with E-state index in [1.165, 1.54) is 0 Å². The minimum absolute atomic E-state index is 0.284. The van der Waals surface area contributed by atoms with Crippen molar-refractivity contribution in [2.24, 2.45) is 0 Å². The lowest BCUT2D eigenvalue weighted by Gasteiger charge is -2.00. The van der Waals surface area contributed by atoms with Crippen LogP contribution in [-0.4, -0.2) is 10.2 Å². The maximum Gasteiger partial charge on any atom is 0.138 e. The molecule has 1 N–H and O–H groups in total. The molecule has 1 aromatic carbocycles. The molecule has 2 rings (SSSR count). The summed E-state index contributed by atoms with van der Waals surface area (Å²) in [6.45, 7) is 7.44. The van der Waals surface area contributed by atoms with Crippen molar-refractivity contribution in [3.63, 3.8) is 0 Å². The van der Waals surface area contributed by atoms with Gasteiger partial charge in [-0.05, 0) is 19.9 Å². The minimum Gasteiger partial charge on any atom is -0.282 e. The normalized spacial score (nSPS) is 10.0. The predicted octanol–water partition coefficient (Wildman–Crippen LogP) is 4.00. The van der Waals surface area contributed by atoms with Gasteiger partial charge in [0.1, 0.15) is 5.82 Å². The van der Waals surface area contributed by atoms with Gasteiger partial charge in [-0.25, -0.2) is 4.39 Å². The molecule has 1 aromatic heterocycles. The van der Waals surface area contributed by atoms with Gasteiger partial charge in [0.05, 0.1) is 10.9 Å². The Morgan fingerprint density at radius 2 is 1.93 bits per heavy atom.